The summed E-state index contributed by atoms with van der Waals surface area (Å²) in [5, 5.41) is 12.9. The number of fused-ring (bicyclic) bond motifs is 3. The number of quaternary nitrogens is 1. The Kier molecular flexibility index (Phi) is 6.68. The molecule has 7 nitrogen and oxygen atoms in total. The Morgan fingerprint density at radius 2 is 1.94 bits per heavy atom. The molecule has 0 radical (unpaired) electrons. The van der Waals surface area contributed by atoms with Crippen molar-refractivity contribution >= 4 is 28.4 Å². The summed E-state index contributed by atoms with van der Waals surface area (Å²) in [7, 11) is 1.56. The molecule has 2 aromatic carbocycles. The molecule has 8 heteroatoms. The number of carbonyl (C=O) groups is 1. The quantitative estimate of drug-likeness (QED) is 0.354. The van der Waals surface area contributed by atoms with Crippen molar-refractivity contribution in [2.45, 2.75) is 57.7 Å². The van der Waals surface area contributed by atoms with E-state index in [-0.39, 0.29) is 18.4 Å². The normalized spacial score (nSPS) is 25.4. The van der Waals surface area contributed by atoms with Gasteiger partial charge in [-0.1, -0.05) is 55.1 Å². The zero-order valence-electron chi connectivity index (χ0n) is 20.0. The number of halogens is 1. The van der Waals surface area contributed by atoms with Gasteiger partial charge >= 0.3 is 5.91 Å². The molecule has 5 rings (SSSR count). The summed E-state index contributed by atoms with van der Waals surface area (Å²) in [6.45, 7) is 1.89. The first kappa shape index (κ1) is 24.0. The van der Waals surface area contributed by atoms with E-state index in [0.29, 0.717) is 16.5 Å². The largest absolute Gasteiger partial charge is 0.482 e. The summed E-state index contributed by atoms with van der Waals surface area (Å²) < 4.78 is 5.35. The van der Waals surface area contributed by atoms with Gasteiger partial charge in [0.15, 0.2) is 23.6 Å². The summed E-state index contributed by atoms with van der Waals surface area (Å²) in [5.41, 5.74) is 5.19. The van der Waals surface area contributed by atoms with Gasteiger partial charge in [0, 0.05) is 16.9 Å². The third kappa shape index (κ3) is 4.74. The number of para-hydroxylation sites is 1. The van der Waals surface area contributed by atoms with Gasteiger partial charge in [0.2, 0.25) is 0 Å². The molecule has 1 amide bonds. The van der Waals surface area contributed by atoms with Gasteiger partial charge in [0.25, 0.3) is 0 Å². The second kappa shape index (κ2) is 9.74. The lowest BCUT2D eigenvalue weighted by molar-refractivity contribution is -1.05. The molecule has 1 saturated carbocycles. The number of ether oxygens (including phenoxy) is 1. The SMILES string of the molecule is CC1NOc2cc(cc(Cl)c2OCc2ccc3ccccc3n2)C(C2CCCCC2)[N+](C)(O)C1=O. The molecule has 3 aromatic rings. The molecule has 1 aliphatic carbocycles. The minimum absolute atomic E-state index is 0.158. The Morgan fingerprint density at radius 1 is 1.17 bits per heavy atom. The Bertz CT molecular complexity index is 1240. The van der Waals surface area contributed by atoms with Crippen LogP contribution in [0.1, 0.15) is 56.3 Å². The third-order valence-electron chi connectivity index (χ3n) is 7.19. The van der Waals surface area contributed by atoms with Crippen molar-refractivity contribution in [3.63, 3.8) is 0 Å². The van der Waals surface area contributed by atoms with Gasteiger partial charge in [-0.3, -0.25) is 0 Å². The van der Waals surface area contributed by atoms with Crippen LogP contribution in [0.4, 0.5) is 0 Å². The number of hydrogen-bond acceptors (Lipinski definition) is 6. The average Bonchev–Trinajstić information content (AvgIpc) is 2.88. The van der Waals surface area contributed by atoms with E-state index >= 15 is 0 Å². The fourth-order valence-electron chi connectivity index (χ4n) is 5.46. The minimum atomic E-state index is -0.751. The molecular formula is C27H31ClN3O4+. The summed E-state index contributed by atoms with van der Waals surface area (Å²) in [4.78, 5) is 23.7. The number of aromatic nitrogens is 1. The van der Waals surface area contributed by atoms with Crippen LogP contribution in [0.3, 0.4) is 0 Å². The molecule has 184 valence electrons. The summed E-state index contributed by atoms with van der Waals surface area (Å²) >= 11 is 6.73. The second-order valence-corrected chi connectivity index (χ2v) is 10.2. The average molecular weight is 497 g/mol. The maximum absolute atomic E-state index is 13.2. The van der Waals surface area contributed by atoms with Gasteiger partial charge in [0.05, 0.1) is 16.2 Å². The fraction of sp³-hybridized carbons (Fsp3) is 0.407. The van der Waals surface area contributed by atoms with Gasteiger partial charge in [-0.15, -0.1) is 10.1 Å². The number of benzene rings is 2. The van der Waals surface area contributed by atoms with E-state index in [1.807, 2.05) is 42.5 Å². The predicted molar refractivity (Wildman–Crippen MR) is 133 cm³/mol. The first-order valence-corrected chi connectivity index (χ1v) is 12.6. The van der Waals surface area contributed by atoms with Crippen molar-refractivity contribution in [3.05, 3.63) is 64.8 Å². The zero-order chi connectivity index (χ0) is 24.6. The number of nitrogens with one attached hydrogen (secondary N) is 1. The Labute approximate surface area is 210 Å². The molecule has 3 atom stereocenters. The van der Waals surface area contributed by atoms with Crippen molar-refractivity contribution in [2.24, 2.45) is 5.92 Å². The van der Waals surface area contributed by atoms with E-state index in [1.165, 1.54) is 6.42 Å². The number of nitrogens with zero attached hydrogens (tertiary/aromatic N) is 2. The highest BCUT2D eigenvalue weighted by molar-refractivity contribution is 6.32. The lowest BCUT2D eigenvalue weighted by atomic mass is 9.80. The lowest BCUT2D eigenvalue weighted by Gasteiger charge is -2.38. The first-order valence-electron chi connectivity index (χ1n) is 12.2. The predicted octanol–water partition coefficient (Wildman–Crippen LogP) is 5.74. The van der Waals surface area contributed by atoms with Crippen molar-refractivity contribution < 1.29 is 24.2 Å². The highest BCUT2D eigenvalue weighted by Gasteiger charge is 2.49. The molecule has 35 heavy (non-hydrogen) atoms. The third-order valence-corrected chi connectivity index (χ3v) is 7.47. The van der Waals surface area contributed by atoms with E-state index in [2.05, 4.69) is 10.5 Å². The van der Waals surface area contributed by atoms with Crippen LogP contribution in [0, 0.1) is 5.92 Å². The van der Waals surface area contributed by atoms with Gasteiger partial charge < -0.3 is 9.57 Å². The summed E-state index contributed by atoms with van der Waals surface area (Å²) in [6.07, 6.45) is 5.25. The highest BCUT2D eigenvalue weighted by atomic mass is 35.5. The van der Waals surface area contributed by atoms with Crippen LogP contribution >= 0.6 is 11.6 Å². The van der Waals surface area contributed by atoms with Crippen molar-refractivity contribution in [1.29, 1.82) is 0 Å². The van der Waals surface area contributed by atoms with Crippen LogP contribution < -0.4 is 15.1 Å². The van der Waals surface area contributed by atoms with Crippen LogP contribution in [0.15, 0.2) is 48.5 Å². The number of hydrogen-bond donors (Lipinski definition) is 2. The number of pyridine rings is 1. The van der Waals surface area contributed by atoms with Crippen molar-refractivity contribution in [2.75, 3.05) is 7.05 Å². The Hall–Kier alpha value is -2.71. The van der Waals surface area contributed by atoms with Crippen molar-refractivity contribution in [1.82, 2.24) is 10.5 Å². The fourth-order valence-corrected chi connectivity index (χ4v) is 5.74. The number of hydroxylamine groups is 4. The highest BCUT2D eigenvalue weighted by Crippen LogP contribution is 2.46. The Morgan fingerprint density at radius 3 is 2.74 bits per heavy atom. The molecule has 0 spiro atoms. The summed E-state index contributed by atoms with van der Waals surface area (Å²) in [5.74, 6) is 0.553. The molecule has 2 aliphatic rings. The molecular weight excluding hydrogens is 466 g/mol. The van der Waals surface area contributed by atoms with Gasteiger partial charge in [0.1, 0.15) is 13.7 Å². The molecule has 2 bridgehead atoms. The van der Waals surface area contributed by atoms with E-state index < -0.39 is 16.7 Å². The van der Waals surface area contributed by atoms with Crippen LogP contribution in [0.2, 0.25) is 5.02 Å². The number of amides is 1. The van der Waals surface area contributed by atoms with Crippen LogP contribution in [0.25, 0.3) is 10.9 Å². The molecule has 2 heterocycles. The van der Waals surface area contributed by atoms with Crippen LogP contribution in [-0.2, 0) is 11.4 Å². The standard InChI is InChI=1S/C27H31ClN3O4/c1-17-27(32)31(2,33)25(19-9-4-3-5-10-19)20-14-22(28)26(24(15-20)35-30-17)34-16-21-13-12-18-8-6-7-11-23(18)29-21/h6-8,11-15,17,19,25,30,33H,3-5,9-10,16H2,1-2H3/q+1. The Balaban J connectivity index is 1.49. The van der Waals surface area contributed by atoms with Gasteiger partial charge in [-0.25, -0.2) is 15.0 Å². The molecule has 1 aliphatic heterocycles. The zero-order valence-corrected chi connectivity index (χ0v) is 20.8. The monoisotopic (exact) mass is 496 g/mol. The number of likely N-dealkylation sites (N-methyl/N-ethyl adjacent to an activating group) is 1. The molecule has 0 saturated heterocycles. The lowest BCUT2D eigenvalue weighted by Crippen LogP contribution is -2.57. The maximum atomic E-state index is 13.2. The maximum Gasteiger partial charge on any atom is 0.365 e. The van der Waals surface area contributed by atoms with Crippen molar-refractivity contribution in [3.8, 4) is 11.5 Å². The van der Waals surface area contributed by atoms with Crippen LogP contribution in [-0.4, -0.2) is 33.8 Å². The van der Waals surface area contributed by atoms with Gasteiger partial charge in [-0.2, -0.15) is 0 Å². The second-order valence-electron chi connectivity index (χ2n) is 9.76. The van der Waals surface area contributed by atoms with Gasteiger partial charge in [-0.05, 0) is 44.0 Å². The molecule has 3 unspecified atom stereocenters. The van der Waals surface area contributed by atoms with Crippen LogP contribution in [0.5, 0.6) is 11.5 Å². The first-order chi connectivity index (χ1) is 16.8. The smallest absolute Gasteiger partial charge is 0.365 e. The minimum Gasteiger partial charge on any atom is -0.482 e. The summed E-state index contributed by atoms with van der Waals surface area (Å²) in [6, 6.07) is 14.3. The van der Waals surface area contributed by atoms with E-state index in [4.69, 9.17) is 21.2 Å². The molecule has 2 N–H and O–H groups in total. The number of carbonyl (C=O) groups excluding carboxylic acids is 1. The van der Waals surface area contributed by atoms with E-state index in [9.17, 15) is 10.0 Å². The molecule has 1 fully saturated rings. The topological polar surface area (TPSA) is 80.7 Å². The van der Waals surface area contributed by atoms with E-state index in [1.54, 1.807) is 20.0 Å². The molecule has 1 aromatic heterocycles. The number of rotatable bonds is 4. The van der Waals surface area contributed by atoms with E-state index in [0.717, 1.165) is 47.8 Å².